The van der Waals surface area contributed by atoms with Gasteiger partial charge in [-0.3, -0.25) is 4.79 Å². The summed E-state index contributed by atoms with van der Waals surface area (Å²) in [5, 5.41) is 3.86. The van der Waals surface area contributed by atoms with Crippen LogP contribution >= 0.6 is 0 Å². The Morgan fingerprint density at radius 3 is 2.44 bits per heavy atom. The lowest BCUT2D eigenvalue weighted by Crippen LogP contribution is -2.20. The standard InChI is InChI=1S/C19H19F3N2O3/c1-12-7-16(26-2)17(27-3)10-14(12)11-23-24-18(25)9-13-5-4-6-15(8-13)19(20,21)22/h4-8,10-11H,9H2,1-3H3,(H,24,25)/b23-11+. The molecule has 0 aliphatic rings. The molecular formula is C19H19F3N2O3. The van der Waals surface area contributed by atoms with Gasteiger partial charge in [-0.05, 0) is 36.2 Å². The molecule has 1 amide bonds. The van der Waals surface area contributed by atoms with Gasteiger partial charge in [0.25, 0.3) is 0 Å². The van der Waals surface area contributed by atoms with Crippen molar-refractivity contribution in [2.75, 3.05) is 14.2 Å². The first-order chi connectivity index (χ1) is 12.7. The van der Waals surface area contributed by atoms with Crippen molar-refractivity contribution >= 4 is 12.1 Å². The monoisotopic (exact) mass is 380 g/mol. The highest BCUT2D eigenvalue weighted by atomic mass is 19.4. The van der Waals surface area contributed by atoms with Gasteiger partial charge in [-0.2, -0.15) is 18.3 Å². The Balaban J connectivity index is 2.04. The summed E-state index contributed by atoms with van der Waals surface area (Å²) >= 11 is 0. The lowest BCUT2D eigenvalue weighted by molar-refractivity contribution is -0.137. The number of aryl methyl sites for hydroxylation is 1. The first-order valence-electron chi connectivity index (χ1n) is 7.95. The van der Waals surface area contributed by atoms with Crippen LogP contribution in [0.15, 0.2) is 41.5 Å². The minimum atomic E-state index is -4.45. The minimum absolute atomic E-state index is 0.216. The van der Waals surface area contributed by atoms with Crippen molar-refractivity contribution in [2.24, 2.45) is 5.10 Å². The average Bonchev–Trinajstić information content (AvgIpc) is 2.62. The number of hydrogen-bond donors (Lipinski definition) is 1. The molecule has 0 saturated carbocycles. The lowest BCUT2D eigenvalue weighted by atomic mass is 10.1. The van der Waals surface area contributed by atoms with E-state index < -0.39 is 17.6 Å². The summed E-state index contributed by atoms with van der Waals surface area (Å²) in [6.45, 7) is 1.84. The molecule has 0 radical (unpaired) electrons. The fraction of sp³-hybridized carbons (Fsp3) is 0.263. The van der Waals surface area contributed by atoms with Crippen LogP contribution < -0.4 is 14.9 Å². The van der Waals surface area contributed by atoms with Crippen molar-refractivity contribution in [3.63, 3.8) is 0 Å². The quantitative estimate of drug-likeness (QED) is 0.614. The van der Waals surface area contributed by atoms with Crippen molar-refractivity contribution in [1.82, 2.24) is 5.43 Å². The summed E-state index contributed by atoms with van der Waals surface area (Å²) in [4.78, 5) is 11.9. The molecule has 0 aliphatic carbocycles. The molecule has 0 aliphatic heterocycles. The molecule has 0 atom stereocenters. The van der Waals surface area contributed by atoms with Crippen LogP contribution in [0.1, 0.15) is 22.3 Å². The van der Waals surface area contributed by atoms with E-state index in [1.807, 2.05) is 6.92 Å². The molecule has 1 N–H and O–H groups in total. The second-order valence-electron chi connectivity index (χ2n) is 5.73. The average molecular weight is 380 g/mol. The Bertz CT molecular complexity index is 849. The SMILES string of the molecule is COc1cc(C)c(/C=N/NC(=O)Cc2cccc(C(F)(F)F)c2)cc1OC. The number of benzene rings is 2. The van der Waals surface area contributed by atoms with Crippen LogP contribution in [0, 0.1) is 6.92 Å². The molecule has 0 fully saturated rings. The summed E-state index contributed by atoms with van der Waals surface area (Å²) in [6.07, 6.45) is -3.23. The molecule has 2 aromatic rings. The smallest absolute Gasteiger partial charge is 0.416 e. The first kappa shape index (κ1) is 20.3. The molecular weight excluding hydrogens is 361 g/mol. The van der Waals surface area contributed by atoms with E-state index in [9.17, 15) is 18.0 Å². The number of rotatable bonds is 6. The van der Waals surface area contributed by atoms with E-state index in [2.05, 4.69) is 10.5 Å². The van der Waals surface area contributed by atoms with Crippen LogP contribution in [0.5, 0.6) is 11.5 Å². The molecule has 2 aromatic carbocycles. The molecule has 8 heteroatoms. The lowest BCUT2D eigenvalue weighted by Gasteiger charge is -2.10. The third-order valence-electron chi connectivity index (χ3n) is 3.78. The van der Waals surface area contributed by atoms with E-state index in [1.165, 1.54) is 32.6 Å². The Labute approximate surface area is 154 Å². The zero-order valence-corrected chi connectivity index (χ0v) is 15.1. The van der Waals surface area contributed by atoms with Gasteiger partial charge in [-0.15, -0.1) is 0 Å². The molecule has 0 bridgehead atoms. The Morgan fingerprint density at radius 2 is 1.81 bits per heavy atom. The van der Waals surface area contributed by atoms with Crippen LogP contribution in [0.25, 0.3) is 0 Å². The Morgan fingerprint density at radius 1 is 1.15 bits per heavy atom. The van der Waals surface area contributed by atoms with Gasteiger partial charge in [0, 0.05) is 5.56 Å². The van der Waals surface area contributed by atoms with Gasteiger partial charge < -0.3 is 9.47 Å². The number of methoxy groups -OCH3 is 2. The molecule has 0 spiro atoms. The van der Waals surface area contributed by atoms with Gasteiger partial charge in [-0.25, -0.2) is 5.43 Å². The molecule has 0 saturated heterocycles. The molecule has 0 unspecified atom stereocenters. The number of amides is 1. The van der Waals surface area contributed by atoms with Crippen LogP contribution in [0.3, 0.4) is 0 Å². The number of hydrazone groups is 1. The first-order valence-corrected chi connectivity index (χ1v) is 7.95. The highest BCUT2D eigenvalue weighted by molar-refractivity contribution is 5.85. The van der Waals surface area contributed by atoms with Crippen molar-refractivity contribution in [1.29, 1.82) is 0 Å². The third kappa shape index (κ3) is 5.47. The predicted octanol–water partition coefficient (Wildman–Crippen LogP) is 3.72. The van der Waals surface area contributed by atoms with Gasteiger partial charge in [0.1, 0.15) is 0 Å². The molecule has 27 heavy (non-hydrogen) atoms. The Kier molecular flexibility index (Phi) is 6.44. The molecule has 2 rings (SSSR count). The van der Waals surface area contributed by atoms with E-state index in [4.69, 9.17) is 9.47 Å². The Hall–Kier alpha value is -3.03. The van der Waals surface area contributed by atoms with Crippen molar-refractivity contribution in [3.05, 3.63) is 58.7 Å². The summed E-state index contributed by atoms with van der Waals surface area (Å²) in [5.74, 6) is 0.560. The number of halogens is 3. The number of carbonyl (C=O) groups excluding carboxylic acids is 1. The second kappa shape index (κ2) is 8.57. The minimum Gasteiger partial charge on any atom is -0.493 e. The third-order valence-corrected chi connectivity index (χ3v) is 3.78. The highest BCUT2D eigenvalue weighted by Gasteiger charge is 2.30. The fourth-order valence-electron chi connectivity index (χ4n) is 2.39. The van der Waals surface area contributed by atoms with Crippen LogP contribution in [-0.4, -0.2) is 26.3 Å². The fourth-order valence-corrected chi connectivity index (χ4v) is 2.39. The largest absolute Gasteiger partial charge is 0.493 e. The second-order valence-corrected chi connectivity index (χ2v) is 5.73. The van der Waals surface area contributed by atoms with Gasteiger partial charge in [0.05, 0.1) is 32.4 Å². The van der Waals surface area contributed by atoms with Crippen molar-refractivity contribution < 1.29 is 27.4 Å². The van der Waals surface area contributed by atoms with Gasteiger partial charge >= 0.3 is 6.18 Å². The summed E-state index contributed by atoms with van der Waals surface area (Å²) in [5.41, 5.74) is 3.32. The van der Waals surface area contributed by atoms with Crippen LogP contribution in [-0.2, 0) is 17.4 Å². The summed E-state index contributed by atoms with van der Waals surface area (Å²) in [7, 11) is 3.03. The van der Waals surface area contributed by atoms with Crippen molar-refractivity contribution in [3.8, 4) is 11.5 Å². The predicted molar refractivity (Wildman–Crippen MR) is 95.2 cm³/mol. The summed E-state index contributed by atoms with van der Waals surface area (Å²) in [6, 6.07) is 8.10. The van der Waals surface area contributed by atoms with Crippen molar-refractivity contribution in [2.45, 2.75) is 19.5 Å². The highest BCUT2D eigenvalue weighted by Crippen LogP contribution is 2.30. The number of alkyl halides is 3. The van der Waals surface area contributed by atoms with E-state index in [-0.39, 0.29) is 12.0 Å². The van der Waals surface area contributed by atoms with Crippen LogP contribution in [0.2, 0.25) is 0 Å². The van der Waals surface area contributed by atoms with E-state index >= 15 is 0 Å². The molecule has 0 heterocycles. The van der Waals surface area contributed by atoms with Gasteiger partial charge in [-0.1, -0.05) is 18.2 Å². The zero-order valence-electron chi connectivity index (χ0n) is 15.1. The van der Waals surface area contributed by atoms with E-state index in [0.29, 0.717) is 17.1 Å². The van der Waals surface area contributed by atoms with Gasteiger partial charge in [0.15, 0.2) is 11.5 Å². The number of nitrogens with zero attached hydrogens (tertiary/aromatic N) is 1. The number of hydrogen-bond acceptors (Lipinski definition) is 4. The number of carbonyl (C=O) groups is 1. The molecule has 0 aromatic heterocycles. The van der Waals surface area contributed by atoms with E-state index in [0.717, 1.165) is 17.7 Å². The normalized spacial score (nSPS) is 11.5. The maximum absolute atomic E-state index is 12.7. The maximum atomic E-state index is 12.7. The van der Waals surface area contributed by atoms with Gasteiger partial charge in [0.2, 0.25) is 5.91 Å². The number of nitrogens with one attached hydrogen (secondary N) is 1. The van der Waals surface area contributed by atoms with E-state index in [1.54, 1.807) is 12.1 Å². The molecule has 144 valence electrons. The van der Waals surface area contributed by atoms with Crippen LogP contribution in [0.4, 0.5) is 13.2 Å². The maximum Gasteiger partial charge on any atom is 0.416 e. The molecule has 5 nitrogen and oxygen atoms in total. The topological polar surface area (TPSA) is 59.9 Å². The zero-order chi connectivity index (χ0) is 20.0. The number of ether oxygens (including phenoxy) is 2. The summed E-state index contributed by atoms with van der Waals surface area (Å²) < 4.78 is 48.5.